The first-order valence-corrected chi connectivity index (χ1v) is 7.80. The van der Waals surface area contributed by atoms with Crippen molar-refractivity contribution in [2.45, 2.75) is 12.6 Å². The number of hydrogen-bond acceptors (Lipinski definition) is 4. The molecule has 0 aliphatic carbocycles. The second-order valence-electron chi connectivity index (χ2n) is 4.90. The molecular formula is C17H16FNO2S. The maximum absolute atomic E-state index is 13.0. The molecule has 0 saturated carbocycles. The number of rotatable bonds is 6. The van der Waals surface area contributed by atoms with Crippen molar-refractivity contribution >= 4 is 11.3 Å². The van der Waals surface area contributed by atoms with Gasteiger partial charge in [0.25, 0.3) is 0 Å². The van der Waals surface area contributed by atoms with Gasteiger partial charge >= 0.3 is 0 Å². The van der Waals surface area contributed by atoms with Gasteiger partial charge in [-0.1, -0.05) is 12.1 Å². The van der Waals surface area contributed by atoms with Gasteiger partial charge in [0.05, 0.1) is 18.9 Å². The monoisotopic (exact) mass is 317 g/mol. The zero-order valence-electron chi connectivity index (χ0n) is 11.8. The Kier molecular flexibility index (Phi) is 4.68. The Balaban J connectivity index is 1.65. The standard InChI is InChI=1S/C17H16FNO2S/c18-13-5-3-12(4-6-13)17-8-7-14(22-17)10-19-15(11-20)16-2-1-9-21-16/h1-9,15,19-20H,10-11H2. The number of hydrogen-bond donors (Lipinski definition) is 2. The van der Waals surface area contributed by atoms with Gasteiger partial charge in [0.15, 0.2) is 0 Å². The Labute approximate surface area is 132 Å². The quantitative estimate of drug-likeness (QED) is 0.723. The first-order valence-electron chi connectivity index (χ1n) is 6.98. The highest BCUT2D eigenvalue weighted by Gasteiger charge is 2.13. The molecule has 0 radical (unpaired) electrons. The lowest BCUT2D eigenvalue weighted by Gasteiger charge is -2.12. The molecule has 0 fully saturated rings. The van der Waals surface area contributed by atoms with Crippen LogP contribution in [0.4, 0.5) is 4.39 Å². The van der Waals surface area contributed by atoms with Crippen LogP contribution in [-0.4, -0.2) is 11.7 Å². The van der Waals surface area contributed by atoms with E-state index in [9.17, 15) is 9.50 Å². The summed E-state index contributed by atoms with van der Waals surface area (Å²) in [7, 11) is 0. The minimum absolute atomic E-state index is 0.0241. The second-order valence-corrected chi connectivity index (χ2v) is 6.07. The van der Waals surface area contributed by atoms with Crippen molar-refractivity contribution in [2.24, 2.45) is 0 Å². The van der Waals surface area contributed by atoms with Crippen LogP contribution in [0.5, 0.6) is 0 Å². The summed E-state index contributed by atoms with van der Waals surface area (Å²) in [6.07, 6.45) is 1.59. The Hall–Kier alpha value is -1.95. The summed E-state index contributed by atoms with van der Waals surface area (Å²) in [6, 6.07) is 14.0. The summed E-state index contributed by atoms with van der Waals surface area (Å²) in [5.74, 6) is 0.490. The van der Waals surface area contributed by atoms with Crippen LogP contribution in [0.25, 0.3) is 10.4 Å². The summed E-state index contributed by atoms with van der Waals surface area (Å²) in [6.45, 7) is 0.613. The van der Waals surface area contributed by atoms with Gasteiger partial charge in [-0.2, -0.15) is 0 Å². The molecule has 1 aromatic carbocycles. The van der Waals surface area contributed by atoms with Crippen LogP contribution < -0.4 is 5.32 Å². The molecule has 114 valence electrons. The van der Waals surface area contributed by atoms with E-state index in [1.54, 1.807) is 35.8 Å². The highest BCUT2D eigenvalue weighted by Crippen LogP contribution is 2.28. The van der Waals surface area contributed by atoms with Gasteiger partial charge < -0.3 is 14.8 Å². The van der Waals surface area contributed by atoms with Crippen LogP contribution in [-0.2, 0) is 6.54 Å². The molecule has 3 aromatic rings. The molecule has 0 amide bonds. The zero-order valence-corrected chi connectivity index (χ0v) is 12.6. The van der Waals surface area contributed by atoms with Crippen LogP contribution in [0.1, 0.15) is 16.7 Å². The molecule has 5 heteroatoms. The molecule has 0 saturated heterocycles. The minimum Gasteiger partial charge on any atom is -0.468 e. The molecule has 0 aliphatic rings. The molecular weight excluding hydrogens is 301 g/mol. The fourth-order valence-corrected chi connectivity index (χ4v) is 3.17. The summed E-state index contributed by atoms with van der Waals surface area (Å²) in [4.78, 5) is 2.24. The van der Waals surface area contributed by atoms with Gasteiger partial charge in [-0.3, -0.25) is 0 Å². The van der Waals surface area contributed by atoms with Crippen LogP contribution in [0.3, 0.4) is 0 Å². The summed E-state index contributed by atoms with van der Waals surface area (Å²) >= 11 is 1.64. The lowest BCUT2D eigenvalue weighted by Crippen LogP contribution is -2.23. The molecule has 0 spiro atoms. The topological polar surface area (TPSA) is 45.4 Å². The molecule has 0 bridgehead atoms. The maximum Gasteiger partial charge on any atom is 0.123 e. The number of nitrogens with one attached hydrogen (secondary N) is 1. The van der Waals surface area contributed by atoms with Crippen LogP contribution in [0, 0.1) is 5.82 Å². The van der Waals surface area contributed by atoms with Gasteiger partial charge in [-0.05, 0) is 42.0 Å². The van der Waals surface area contributed by atoms with Gasteiger partial charge in [0.1, 0.15) is 11.6 Å². The zero-order chi connectivity index (χ0) is 15.4. The fourth-order valence-electron chi connectivity index (χ4n) is 2.21. The molecule has 1 atom stereocenters. The van der Waals surface area contributed by atoms with Crippen molar-refractivity contribution in [3.05, 3.63) is 71.2 Å². The highest BCUT2D eigenvalue weighted by molar-refractivity contribution is 7.15. The third-order valence-electron chi connectivity index (χ3n) is 3.38. The number of aliphatic hydroxyl groups is 1. The highest BCUT2D eigenvalue weighted by atomic mass is 32.1. The Bertz CT molecular complexity index is 707. The third kappa shape index (κ3) is 3.44. The number of benzene rings is 1. The van der Waals surface area contributed by atoms with Crippen molar-refractivity contribution in [1.29, 1.82) is 0 Å². The summed E-state index contributed by atoms with van der Waals surface area (Å²) < 4.78 is 18.3. The third-order valence-corrected chi connectivity index (χ3v) is 4.52. The van der Waals surface area contributed by atoms with E-state index >= 15 is 0 Å². The van der Waals surface area contributed by atoms with E-state index < -0.39 is 0 Å². The predicted octanol–water partition coefficient (Wildman–Crippen LogP) is 3.97. The molecule has 3 nitrogen and oxygen atoms in total. The first-order chi connectivity index (χ1) is 10.8. The average Bonchev–Trinajstić information content (AvgIpc) is 3.20. The summed E-state index contributed by atoms with van der Waals surface area (Å²) in [5, 5.41) is 12.7. The van der Waals surface area contributed by atoms with Crippen molar-refractivity contribution in [2.75, 3.05) is 6.61 Å². The van der Waals surface area contributed by atoms with Crippen LogP contribution in [0.15, 0.2) is 59.2 Å². The van der Waals surface area contributed by atoms with Gasteiger partial charge in [0.2, 0.25) is 0 Å². The number of aliphatic hydroxyl groups excluding tert-OH is 1. The van der Waals surface area contributed by atoms with E-state index in [1.807, 2.05) is 18.2 Å². The first kappa shape index (κ1) is 15.0. The van der Waals surface area contributed by atoms with Crippen molar-refractivity contribution in [3.63, 3.8) is 0 Å². The molecule has 3 rings (SSSR count). The Morgan fingerprint density at radius 1 is 1.14 bits per heavy atom. The van der Waals surface area contributed by atoms with Crippen LogP contribution in [0.2, 0.25) is 0 Å². The lowest BCUT2D eigenvalue weighted by molar-refractivity contribution is 0.226. The Morgan fingerprint density at radius 2 is 1.95 bits per heavy atom. The number of halogens is 1. The largest absolute Gasteiger partial charge is 0.468 e. The van der Waals surface area contributed by atoms with E-state index in [1.165, 1.54) is 12.1 Å². The van der Waals surface area contributed by atoms with E-state index in [2.05, 4.69) is 5.32 Å². The molecule has 0 aliphatic heterocycles. The van der Waals surface area contributed by atoms with Crippen molar-refractivity contribution in [1.82, 2.24) is 5.32 Å². The fraction of sp³-hybridized carbons (Fsp3) is 0.176. The van der Waals surface area contributed by atoms with Gasteiger partial charge in [-0.25, -0.2) is 4.39 Å². The average molecular weight is 317 g/mol. The molecule has 2 aromatic heterocycles. The van der Waals surface area contributed by atoms with E-state index in [0.717, 1.165) is 21.1 Å². The van der Waals surface area contributed by atoms with E-state index in [-0.39, 0.29) is 18.5 Å². The Morgan fingerprint density at radius 3 is 2.64 bits per heavy atom. The van der Waals surface area contributed by atoms with Gasteiger partial charge in [-0.15, -0.1) is 11.3 Å². The molecule has 2 heterocycles. The van der Waals surface area contributed by atoms with Gasteiger partial charge in [0, 0.05) is 16.3 Å². The van der Waals surface area contributed by atoms with E-state index in [4.69, 9.17) is 4.42 Å². The van der Waals surface area contributed by atoms with Crippen molar-refractivity contribution < 1.29 is 13.9 Å². The summed E-state index contributed by atoms with van der Waals surface area (Å²) in [5.41, 5.74) is 1.00. The number of thiophene rings is 1. The minimum atomic E-state index is -0.230. The smallest absolute Gasteiger partial charge is 0.123 e. The molecule has 1 unspecified atom stereocenters. The number of furan rings is 1. The lowest BCUT2D eigenvalue weighted by atomic mass is 10.2. The van der Waals surface area contributed by atoms with Crippen molar-refractivity contribution in [3.8, 4) is 10.4 Å². The molecule has 22 heavy (non-hydrogen) atoms. The van der Waals surface area contributed by atoms with Crippen LogP contribution >= 0.6 is 11.3 Å². The maximum atomic E-state index is 13.0. The second kappa shape index (κ2) is 6.87. The predicted molar refractivity (Wildman–Crippen MR) is 85.1 cm³/mol. The SMILES string of the molecule is OCC(NCc1ccc(-c2ccc(F)cc2)s1)c1ccco1. The van der Waals surface area contributed by atoms with E-state index in [0.29, 0.717) is 6.54 Å². The molecule has 2 N–H and O–H groups in total. The normalized spacial score (nSPS) is 12.5.